The highest BCUT2D eigenvalue weighted by molar-refractivity contribution is 5.86. The maximum Gasteiger partial charge on any atom is 0.244 e. The summed E-state index contributed by atoms with van der Waals surface area (Å²) in [5.74, 6) is 0.439. The molecule has 0 fully saturated rings. The van der Waals surface area contributed by atoms with Gasteiger partial charge in [-0.15, -0.1) is 0 Å². The molecule has 0 saturated carbocycles. The number of rotatable bonds is 3. The van der Waals surface area contributed by atoms with Crippen molar-refractivity contribution in [1.29, 1.82) is 0 Å². The van der Waals surface area contributed by atoms with Gasteiger partial charge >= 0.3 is 0 Å². The Hall–Kier alpha value is -2.49. The lowest BCUT2D eigenvalue weighted by Gasteiger charge is -2.36. The van der Waals surface area contributed by atoms with Crippen LogP contribution in [0.3, 0.4) is 0 Å². The smallest absolute Gasteiger partial charge is 0.244 e. The molecule has 0 aliphatic carbocycles. The molecule has 4 heteroatoms. The standard InChI is InChI=1S/C16H16N2O2/c17-16(19)15(12-6-2-1-3-7-12)18-10-11-20-14-9-5-4-8-13(14)18/h1-9,15H,10-11H2,(H2,17,19). The van der Waals surface area contributed by atoms with Crippen LogP contribution < -0.4 is 15.4 Å². The van der Waals surface area contributed by atoms with Crippen LogP contribution in [0.2, 0.25) is 0 Å². The fourth-order valence-corrected chi connectivity index (χ4v) is 2.59. The van der Waals surface area contributed by atoms with E-state index in [0.717, 1.165) is 17.0 Å². The van der Waals surface area contributed by atoms with E-state index in [4.69, 9.17) is 10.5 Å². The van der Waals surface area contributed by atoms with Crippen LogP contribution in [0.1, 0.15) is 11.6 Å². The lowest BCUT2D eigenvalue weighted by atomic mass is 10.0. The Morgan fingerprint density at radius 2 is 1.80 bits per heavy atom. The summed E-state index contributed by atoms with van der Waals surface area (Å²) in [6, 6.07) is 16.8. The summed E-state index contributed by atoms with van der Waals surface area (Å²) in [5.41, 5.74) is 7.44. The van der Waals surface area contributed by atoms with E-state index in [1.807, 2.05) is 59.5 Å². The fraction of sp³-hybridized carbons (Fsp3) is 0.188. The molecule has 0 aromatic heterocycles. The van der Waals surface area contributed by atoms with Crippen LogP contribution in [0.5, 0.6) is 5.75 Å². The van der Waals surface area contributed by atoms with Gasteiger partial charge in [0.2, 0.25) is 5.91 Å². The molecule has 1 amide bonds. The maximum absolute atomic E-state index is 11.9. The molecule has 20 heavy (non-hydrogen) atoms. The summed E-state index contributed by atoms with van der Waals surface area (Å²) >= 11 is 0. The second-order valence-corrected chi connectivity index (χ2v) is 4.73. The summed E-state index contributed by atoms with van der Waals surface area (Å²) in [4.78, 5) is 14.0. The summed E-state index contributed by atoms with van der Waals surface area (Å²) in [7, 11) is 0. The van der Waals surface area contributed by atoms with Crippen LogP contribution in [0.15, 0.2) is 54.6 Å². The number of ether oxygens (including phenoxy) is 1. The van der Waals surface area contributed by atoms with Gasteiger partial charge in [-0.05, 0) is 17.7 Å². The van der Waals surface area contributed by atoms with Gasteiger partial charge < -0.3 is 15.4 Å². The van der Waals surface area contributed by atoms with Gasteiger partial charge in [-0.1, -0.05) is 42.5 Å². The zero-order chi connectivity index (χ0) is 13.9. The highest BCUT2D eigenvalue weighted by Crippen LogP contribution is 2.36. The molecule has 3 rings (SSSR count). The Morgan fingerprint density at radius 3 is 2.55 bits per heavy atom. The van der Waals surface area contributed by atoms with Crippen molar-refractivity contribution in [1.82, 2.24) is 0 Å². The average molecular weight is 268 g/mol. The number of carbonyl (C=O) groups excluding carboxylic acids is 1. The van der Waals surface area contributed by atoms with E-state index in [1.165, 1.54) is 0 Å². The lowest BCUT2D eigenvalue weighted by molar-refractivity contribution is -0.119. The molecule has 0 spiro atoms. The maximum atomic E-state index is 11.9. The topological polar surface area (TPSA) is 55.6 Å². The van der Waals surface area contributed by atoms with Gasteiger partial charge in [0.25, 0.3) is 0 Å². The van der Waals surface area contributed by atoms with Crippen LogP contribution in [-0.4, -0.2) is 19.1 Å². The van der Waals surface area contributed by atoms with Gasteiger partial charge in [0.1, 0.15) is 18.4 Å². The summed E-state index contributed by atoms with van der Waals surface area (Å²) in [6.07, 6.45) is 0. The Bertz CT molecular complexity index is 613. The molecule has 0 radical (unpaired) electrons. The number of nitrogens with two attached hydrogens (primary N) is 1. The molecule has 1 aliphatic heterocycles. The first-order valence-corrected chi connectivity index (χ1v) is 6.60. The number of anilines is 1. The third-order valence-corrected chi connectivity index (χ3v) is 3.46. The van der Waals surface area contributed by atoms with Crippen LogP contribution in [-0.2, 0) is 4.79 Å². The molecule has 2 aromatic carbocycles. The number of hydrogen-bond donors (Lipinski definition) is 1. The molecule has 1 atom stereocenters. The number of primary amides is 1. The Kier molecular flexibility index (Phi) is 3.29. The third kappa shape index (κ3) is 2.20. The van der Waals surface area contributed by atoms with Crippen LogP contribution >= 0.6 is 0 Å². The van der Waals surface area contributed by atoms with E-state index in [1.54, 1.807) is 0 Å². The van der Waals surface area contributed by atoms with E-state index < -0.39 is 6.04 Å². The molecule has 1 aliphatic rings. The molecule has 0 saturated heterocycles. The molecular weight excluding hydrogens is 252 g/mol. The number of nitrogens with zero attached hydrogens (tertiary/aromatic N) is 1. The van der Waals surface area contributed by atoms with Crippen molar-refractivity contribution in [2.45, 2.75) is 6.04 Å². The van der Waals surface area contributed by atoms with Gasteiger partial charge in [-0.2, -0.15) is 0 Å². The second kappa shape index (κ2) is 5.25. The van der Waals surface area contributed by atoms with Crippen molar-refractivity contribution in [2.75, 3.05) is 18.1 Å². The van der Waals surface area contributed by atoms with E-state index in [-0.39, 0.29) is 5.91 Å². The van der Waals surface area contributed by atoms with Gasteiger partial charge in [0, 0.05) is 0 Å². The minimum Gasteiger partial charge on any atom is -0.490 e. The van der Waals surface area contributed by atoms with Gasteiger partial charge in [-0.3, -0.25) is 4.79 Å². The molecule has 1 unspecified atom stereocenters. The molecule has 4 nitrogen and oxygen atoms in total. The lowest BCUT2D eigenvalue weighted by Crippen LogP contribution is -2.42. The predicted molar refractivity (Wildman–Crippen MR) is 77.7 cm³/mol. The Morgan fingerprint density at radius 1 is 1.10 bits per heavy atom. The van der Waals surface area contributed by atoms with Crippen molar-refractivity contribution in [3.8, 4) is 5.75 Å². The van der Waals surface area contributed by atoms with Crippen molar-refractivity contribution < 1.29 is 9.53 Å². The van der Waals surface area contributed by atoms with E-state index in [9.17, 15) is 4.79 Å². The molecule has 0 bridgehead atoms. The summed E-state index contributed by atoms with van der Waals surface area (Å²) in [5, 5.41) is 0. The van der Waals surface area contributed by atoms with Gasteiger partial charge in [0.15, 0.2) is 0 Å². The van der Waals surface area contributed by atoms with E-state index in [0.29, 0.717) is 13.2 Å². The Labute approximate surface area is 117 Å². The molecule has 1 heterocycles. The minimum absolute atomic E-state index is 0.354. The van der Waals surface area contributed by atoms with E-state index >= 15 is 0 Å². The fourth-order valence-electron chi connectivity index (χ4n) is 2.59. The number of fused-ring (bicyclic) bond motifs is 1. The van der Waals surface area contributed by atoms with Crippen LogP contribution in [0.4, 0.5) is 5.69 Å². The Balaban J connectivity index is 2.04. The monoisotopic (exact) mass is 268 g/mol. The number of amides is 1. The SMILES string of the molecule is NC(=O)C(c1ccccc1)N1CCOc2ccccc21. The van der Waals surface area contributed by atoms with E-state index in [2.05, 4.69) is 0 Å². The first-order chi connectivity index (χ1) is 9.77. The van der Waals surface area contributed by atoms with Crippen molar-refractivity contribution in [2.24, 2.45) is 5.73 Å². The van der Waals surface area contributed by atoms with Crippen molar-refractivity contribution in [3.05, 3.63) is 60.2 Å². The first kappa shape index (κ1) is 12.5. The molecule has 2 aromatic rings. The second-order valence-electron chi connectivity index (χ2n) is 4.73. The minimum atomic E-state index is -0.471. The quantitative estimate of drug-likeness (QED) is 0.927. The summed E-state index contributed by atoms with van der Waals surface area (Å²) < 4.78 is 5.63. The molecule has 102 valence electrons. The average Bonchev–Trinajstić information content (AvgIpc) is 2.48. The molecular formula is C16H16N2O2. The van der Waals surface area contributed by atoms with Crippen molar-refractivity contribution in [3.63, 3.8) is 0 Å². The highest BCUT2D eigenvalue weighted by atomic mass is 16.5. The van der Waals surface area contributed by atoms with Crippen molar-refractivity contribution >= 4 is 11.6 Å². The van der Waals surface area contributed by atoms with Crippen LogP contribution in [0.25, 0.3) is 0 Å². The van der Waals surface area contributed by atoms with Crippen LogP contribution in [0, 0.1) is 0 Å². The number of benzene rings is 2. The van der Waals surface area contributed by atoms with Gasteiger partial charge in [-0.25, -0.2) is 0 Å². The van der Waals surface area contributed by atoms with Gasteiger partial charge in [0.05, 0.1) is 12.2 Å². The third-order valence-electron chi connectivity index (χ3n) is 3.46. The summed E-state index contributed by atoms with van der Waals surface area (Å²) in [6.45, 7) is 1.19. The predicted octanol–water partition coefficient (Wildman–Crippen LogP) is 2.11. The number of para-hydroxylation sites is 2. The molecule has 2 N–H and O–H groups in total. The zero-order valence-electron chi connectivity index (χ0n) is 11.0. The first-order valence-electron chi connectivity index (χ1n) is 6.60. The largest absolute Gasteiger partial charge is 0.490 e. The number of carbonyl (C=O) groups is 1. The normalized spacial score (nSPS) is 15.1. The number of hydrogen-bond acceptors (Lipinski definition) is 3. The zero-order valence-corrected chi connectivity index (χ0v) is 11.0. The highest BCUT2D eigenvalue weighted by Gasteiger charge is 2.29.